The number of alkyl carbamates (subject to hydrolysis) is 1. The molecule has 0 aliphatic carbocycles. The van der Waals surface area contributed by atoms with Gasteiger partial charge < -0.3 is 19.9 Å². The Morgan fingerprint density at radius 1 is 1.47 bits per heavy atom. The third kappa shape index (κ3) is 5.06. The SMILES string of the molecule is CCC1CC(CC(=O)O)(NC(=O)OC(C)(C)C)CO1. The quantitative estimate of drug-likeness (QED) is 0.817. The van der Waals surface area contributed by atoms with E-state index < -0.39 is 23.2 Å². The lowest BCUT2D eigenvalue weighted by atomic mass is 9.91. The second-order valence-corrected chi connectivity index (χ2v) is 6.02. The molecule has 6 nitrogen and oxygen atoms in total. The van der Waals surface area contributed by atoms with Gasteiger partial charge >= 0.3 is 12.1 Å². The Kier molecular flexibility index (Phi) is 4.79. The Hall–Kier alpha value is -1.30. The highest BCUT2D eigenvalue weighted by Gasteiger charge is 2.43. The molecule has 1 rings (SSSR count). The van der Waals surface area contributed by atoms with E-state index in [2.05, 4.69) is 5.32 Å². The summed E-state index contributed by atoms with van der Waals surface area (Å²) in [5.74, 6) is -0.962. The lowest BCUT2D eigenvalue weighted by molar-refractivity contribution is -0.138. The van der Waals surface area contributed by atoms with Gasteiger partial charge in [0, 0.05) is 0 Å². The molecule has 2 atom stereocenters. The van der Waals surface area contributed by atoms with Crippen LogP contribution in [0.2, 0.25) is 0 Å². The van der Waals surface area contributed by atoms with Gasteiger partial charge in [0.1, 0.15) is 5.60 Å². The molecule has 0 spiro atoms. The van der Waals surface area contributed by atoms with Crippen molar-refractivity contribution in [2.75, 3.05) is 6.61 Å². The molecule has 0 bridgehead atoms. The Labute approximate surface area is 113 Å². The number of amides is 1. The van der Waals surface area contributed by atoms with Gasteiger partial charge in [0.05, 0.1) is 24.7 Å². The van der Waals surface area contributed by atoms with Crippen molar-refractivity contribution in [1.82, 2.24) is 5.32 Å². The van der Waals surface area contributed by atoms with Crippen molar-refractivity contribution in [3.63, 3.8) is 0 Å². The van der Waals surface area contributed by atoms with E-state index in [4.69, 9.17) is 14.6 Å². The molecule has 2 unspecified atom stereocenters. The van der Waals surface area contributed by atoms with Crippen molar-refractivity contribution in [2.45, 2.75) is 64.2 Å². The highest BCUT2D eigenvalue weighted by molar-refractivity contribution is 5.73. The number of nitrogens with one attached hydrogen (secondary N) is 1. The van der Waals surface area contributed by atoms with Crippen molar-refractivity contribution < 1.29 is 24.2 Å². The van der Waals surface area contributed by atoms with Gasteiger partial charge in [-0.05, 0) is 33.6 Å². The number of hydrogen-bond acceptors (Lipinski definition) is 4. The van der Waals surface area contributed by atoms with E-state index in [9.17, 15) is 9.59 Å². The van der Waals surface area contributed by atoms with Crippen LogP contribution in [0.5, 0.6) is 0 Å². The molecular weight excluding hydrogens is 250 g/mol. The van der Waals surface area contributed by atoms with E-state index in [1.165, 1.54) is 0 Å². The Bertz CT molecular complexity index is 349. The van der Waals surface area contributed by atoms with Crippen LogP contribution in [0.1, 0.15) is 47.0 Å². The van der Waals surface area contributed by atoms with Crippen LogP contribution in [0.4, 0.5) is 4.79 Å². The van der Waals surface area contributed by atoms with Crippen LogP contribution in [0.25, 0.3) is 0 Å². The topological polar surface area (TPSA) is 84.9 Å². The third-order valence-corrected chi connectivity index (χ3v) is 2.92. The highest BCUT2D eigenvalue weighted by atomic mass is 16.6. The molecule has 110 valence electrons. The van der Waals surface area contributed by atoms with Crippen molar-refractivity contribution in [3.8, 4) is 0 Å². The summed E-state index contributed by atoms with van der Waals surface area (Å²) < 4.78 is 10.7. The Morgan fingerprint density at radius 3 is 2.53 bits per heavy atom. The van der Waals surface area contributed by atoms with Crippen LogP contribution in [0, 0.1) is 0 Å². The zero-order valence-corrected chi connectivity index (χ0v) is 12.0. The van der Waals surface area contributed by atoms with Crippen LogP contribution >= 0.6 is 0 Å². The molecule has 2 N–H and O–H groups in total. The zero-order valence-electron chi connectivity index (χ0n) is 12.0. The fourth-order valence-corrected chi connectivity index (χ4v) is 2.16. The van der Waals surface area contributed by atoms with Crippen LogP contribution in [-0.4, -0.2) is 41.0 Å². The fraction of sp³-hybridized carbons (Fsp3) is 0.846. The monoisotopic (exact) mass is 273 g/mol. The van der Waals surface area contributed by atoms with Crippen LogP contribution < -0.4 is 5.32 Å². The predicted molar refractivity (Wildman–Crippen MR) is 69.0 cm³/mol. The molecule has 0 saturated carbocycles. The van der Waals surface area contributed by atoms with Gasteiger partial charge in [-0.2, -0.15) is 0 Å². The summed E-state index contributed by atoms with van der Waals surface area (Å²) >= 11 is 0. The molecule has 0 aromatic carbocycles. The number of aliphatic carboxylic acids is 1. The van der Waals surface area contributed by atoms with Gasteiger partial charge in [0.15, 0.2) is 0 Å². The van der Waals surface area contributed by atoms with Gasteiger partial charge in [-0.25, -0.2) is 4.79 Å². The maximum atomic E-state index is 11.8. The Balaban J connectivity index is 2.71. The normalized spacial score (nSPS) is 27.1. The predicted octanol–water partition coefficient (Wildman–Crippen LogP) is 1.92. The van der Waals surface area contributed by atoms with E-state index in [1.54, 1.807) is 20.8 Å². The summed E-state index contributed by atoms with van der Waals surface area (Å²) in [5, 5.41) is 11.7. The third-order valence-electron chi connectivity index (χ3n) is 2.92. The van der Waals surface area contributed by atoms with Gasteiger partial charge in [-0.1, -0.05) is 6.92 Å². The van der Waals surface area contributed by atoms with E-state index in [0.717, 1.165) is 6.42 Å². The number of carbonyl (C=O) groups is 2. The summed E-state index contributed by atoms with van der Waals surface area (Å²) in [7, 11) is 0. The maximum absolute atomic E-state index is 11.8. The first-order chi connectivity index (χ1) is 8.66. The number of hydrogen-bond donors (Lipinski definition) is 2. The molecule has 0 radical (unpaired) electrons. The molecule has 1 aliphatic rings. The fourth-order valence-electron chi connectivity index (χ4n) is 2.16. The zero-order chi connectivity index (χ0) is 14.7. The summed E-state index contributed by atoms with van der Waals surface area (Å²) in [6.45, 7) is 7.45. The summed E-state index contributed by atoms with van der Waals surface area (Å²) in [5.41, 5.74) is -1.48. The minimum absolute atomic E-state index is 0.0192. The van der Waals surface area contributed by atoms with E-state index in [-0.39, 0.29) is 19.1 Å². The average molecular weight is 273 g/mol. The van der Waals surface area contributed by atoms with Gasteiger partial charge in [0.25, 0.3) is 0 Å². The van der Waals surface area contributed by atoms with E-state index in [0.29, 0.717) is 6.42 Å². The highest BCUT2D eigenvalue weighted by Crippen LogP contribution is 2.29. The van der Waals surface area contributed by atoms with Gasteiger partial charge in [-0.15, -0.1) is 0 Å². The smallest absolute Gasteiger partial charge is 0.408 e. The number of rotatable bonds is 4. The average Bonchev–Trinajstić information content (AvgIpc) is 2.56. The first-order valence-corrected chi connectivity index (χ1v) is 6.50. The first-order valence-electron chi connectivity index (χ1n) is 6.50. The molecule has 1 heterocycles. The second-order valence-electron chi connectivity index (χ2n) is 6.02. The van der Waals surface area contributed by atoms with E-state index in [1.807, 2.05) is 6.92 Å². The second kappa shape index (κ2) is 5.77. The number of carboxylic acids is 1. The summed E-state index contributed by atoms with van der Waals surface area (Å²) in [6, 6.07) is 0. The lowest BCUT2D eigenvalue weighted by Gasteiger charge is -2.29. The largest absolute Gasteiger partial charge is 0.481 e. The molecule has 1 amide bonds. The van der Waals surface area contributed by atoms with Crippen molar-refractivity contribution in [1.29, 1.82) is 0 Å². The van der Waals surface area contributed by atoms with Crippen LogP contribution in [0.3, 0.4) is 0 Å². The van der Waals surface area contributed by atoms with Crippen LogP contribution in [-0.2, 0) is 14.3 Å². The molecule has 6 heteroatoms. The van der Waals surface area contributed by atoms with Gasteiger partial charge in [-0.3, -0.25) is 4.79 Å². The number of carboxylic acid groups (broad SMARTS) is 1. The molecule has 19 heavy (non-hydrogen) atoms. The summed E-state index contributed by atoms with van der Waals surface area (Å²) in [4.78, 5) is 22.8. The standard InChI is InChI=1S/C13H23NO5/c1-5-9-6-13(8-18-9,7-10(15)16)14-11(17)19-12(2,3)4/h9H,5-8H2,1-4H3,(H,14,17)(H,15,16). The lowest BCUT2D eigenvalue weighted by Crippen LogP contribution is -2.52. The van der Waals surface area contributed by atoms with Crippen molar-refractivity contribution in [2.24, 2.45) is 0 Å². The maximum Gasteiger partial charge on any atom is 0.408 e. The molecular formula is C13H23NO5. The number of carbonyl (C=O) groups excluding carboxylic acids is 1. The molecule has 0 aromatic heterocycles. The van der Waals surface area contributed by atoms with Crippen molar-refractivity contribution >= 4 is 12.1 Å². The molecule has 1 fully saturated rings. The van der Waals surface area contributed by atoms with Crippen molar-refractivity contribution in [3.05, 3.63) is 0 Å². The Morgan fingerprint density at radius 2 is 2.11 bits per heavy atom. The van der Waals surface area contributed by atoms with Crippen LogP contribution in [0.15, 0.2) is 0 Å². The number of ether oxygens (including phenoxy) is 2. The molecule has 1 saturated heterocycles. The van der Waals surface area contributed by atoms with Gasteiger partial charge in [0.2, 0.25) is 0 Å². The molecule has 1 aliphatic heterocycles. The first kappa shape index (κ1) is 15.8. The molecule has 0 aromatic rings. The minimum Gasteiger partial charge on any atom is -0.481 e. The summed E-state index contributed by atoms with van der Waals surface area (Å²) in [6.07, 6.45) is 0.498. The van der Waals surface area contributed by atoms with E-state index >= 15 is 0 Å². The minimum atomic E-state index is -0.962.